The maximum absolute atomic E-state index is 3.35. The average molecular weight is 419 g/mol. The molecule has 0 spiro atoms. The van der Waals surface area contributed by atoms with Gasteiger partial charge in [0.05, 0.1) is 0 Å². The van der Waals surface area contributed by atoms with Gasteiger partial charge in [0.25, 0.3) is 0 Å². The van der Waals surface area contributed by atoms with Crippen LogP contribution < -0.4 is 0 Å². The molecule has 0 nitrogen and oxygen atoms in total. The molecule has 0 amide bonds. The van der Waals surface area contributed by atoms with E-state index in [0.29, 0.717) is 0 Å². The first-order valence-electron chi connectivity index (χ1n) is 13.6. The molecule has 3 rings (SSSR count). The lowest BCUT2D eigenvalue weighted by Crippen LogP contribution is -2.13. The van der Waals surface area contributed by atoms with Gasteiger partial charge in [0.2, 0.25) is 0 Å². The monoisotopic (exact) mass is 418 g/mol. The summed E-state index contributed by atoms with van der Waals surface area (Å²) in [4.78, 5) is 0. The average Bonchev–Trinajstić information content (AvgIpc) is 2.82. The standard InChI is InChI=1S/C31H46/c1-3-5-6-7-11-27-14-16-28(17-15-27)12-8-9-13-29-20-24-31(25-21-29)30-22-18-26(10-4-2)19-23-30/h8,12,20-21,24-28,30H,3-7,10-11,14-19,22-23H2,1-2H3. The number of hydrogen-bond acceptors (Lipinski definition) is 0. The molecule has 0 N–H and O–H groups in total. The smallest absolute Gasteiger partial charge is 0.0249 e. The van der Waals surface area contributed by atoms with Crippen LogP contribution in [0.2, 0.25) is 0 Å². The van der Waals surface area contributed by atoms with Gasteiger partial charge in [-0.2, -0.15) is 0 Å². The molecule has 31 heavy (non-hydrogen) atoms. The van der Waals surface area contributed by atoms with Crippen LogP contribution in [0, 0.1) is 29.6 Å². The molecule has 0 bridgehead atoms. The van der Waals surface area contributed by atoms with E-state index in [4.69, 9.17) is 0 Å². The molecule has 1 aromatic carbocycles. The summed E-state index contributed by atoms with van der Waals surface area (Å²) in [5.41, 5.74) is 2.69. The number of hydrogen-bond donors (Lipinski definition) is 0. The highest BCUT2D eigenvalue weighted by atomic mass is 14.3. The summed E-state index contributed by atoms with van der Waals surface area (Å²) in [5, 5.41) is 0. The second kappa shape index (κ2) is 13.8. The minimum Gasteiger partial charge on any atom is -0.0730 e. The minimum atomic E-state index is 0.756. The number of benzene rings is 1. The summed E-state index contributed by atoms with van der Waals surface area (Å²) in [6, 6.07) is 9.14. The van der Waals surface area contributed by atoms with E-state index in [2.05, 4.69) is 62.1 Å². The second-order valence-corrected chi connectivity index (χ2v) is 10.4. The fourth-order valence-electron chi connectivity index (χ4n) is 5.87. The van der Waals surface area contributed by atoms with Gasteiger partial charge in [-0.15, -0.1) is 0 Å². The predicted molar refractivity (Wildman–Crippen MR) is 136 cm³/mol. The first-order valence-corrected chi connectivity index (χ1v) is 13.6. The zero-order valence-corrected chi connectivity index (χ0v) is 20.4. The Morgan fingerprint density at radius 1 is 0.742 bits per heavy atom. The lowest BCUT2D eigenvalue weighted by molar-refractivity contribution is 0.289. The van der Waals surface area contributed by atoms with Crippen LogP contribution >= 0.6 is 0 Å². The molecule has 0 atom stereocenters. The SMILES string of the molecule is CCCCCCC1CCC(C=CC#Cc2ccc(C3CCC(CCC)CC3)cc2)CC1. The molecule has 0 aliphatic heterocycles. The van der Waals surface area contributed by atoms with Gasteiger partial charge in [0.15, 0.2) is 0 Å². The largest absolute Gasteiger partial charge is 0.0730 e. The molecule has 2 aliphatic rings. The van der Waals surface area contributed by atoms with Crippen molar-refractivity contribution in [2.75, 3.05) is 0 Å². The van der Waals surface area contributed by atoms with Gasteiger partial charge >= 0.3 is 0 Å². The highest BCUT2D eigenvalue weighted by Gasteiger charge is 2.21. The molecule has 0 aromatic heterocycles. The van der Waals surface area contributed by atoms with Crippen molar-refractivity contribution in [3.63, 3.8) is 0 Å². The van der Waals surface area contributed by atoms with Crippen LogP contribution in [0.15, 0.2) is 36.4 Å². The molecule has 1 aromatic rings. The van der Waals surface area contributed by atoms with Crippen molar-refractivity contribution >= 4 is 0 Å². The molecule has 0 saturated heterocycles. The van der Waals surface area contributed by atoms with E-state index in [0.717, 1.165) is 29.2 Å². The first kappa shape index (κ1) is 24.2. The van der Waals surface area contributed by atoms with Crippen LogP contribution in [-0.4, -0.2) is 0 Å². The lowest BCUT2D eigenvalue weighted by Gasteiger charge is -2.28. The highest BCUT2D eigenvalue weighted by Crippen LogP contribution is 2.37. The molecular formula is C31H46. The van der Waals surface area contributed by atoms with Crippen LogP contribution in [0.4, 0.5) is 0 Å². The molecule has 2 aliphatic carbocycles. The van der Waals surface area contributed by atoms with E-state index in [9.17, 15) is 0 Å². The van der Waals surface area contributed by atoms with Crippen LogP contribution in [0.3, 0.4) is 0 Å². The zero-order valence-electron chi connectivity index (χ0n) is 20.4. The van der Waals surface area contributed by atoms with Crippen molar-refractivity contribution < 1.29 is 0 Å². The van der Waals surface area contributed by atoms with Crippen molar-refractivity contribution in [3.05, 3.63) is 47.5 Å². The van der Waals surface area contributed by atoms with Crippen LogP contribution in [0.1, 0.15) is 127 Å². The van der Waals surface area contributed by atoms with Crippen molar-refractivity contribution in [1.82, 2.24) is 0 Å². The second-order valence-electron chi connectivity index (χ2n) is 10.4. The number of allylic oxidation sites excluding steroid dienone is 2. The molecule has 170 valence electrons. The highest BCUT2D eigenvalue weighted by molar-refractivity contribution is 5.39. The normalized spacial score (nSPS) is 26.5. The van der Waals surface area contributed by atoms with E-state index < -0.39 is 0 Å². The molecule has 0 heteroatoms. The van der Waals surface area contributed by atoms with E-state index in [1.807, 2.05) is 0 Å². The van der Waals surface area contributed by atoms with E-state index in [-0.39, 0.29) is 0 Å². The molecule has 0 unspecified atom stereocenters. The van der Waals surface area contributed by atoms with Crippen LogP contribution in [0.25, 0.3) is 0 Å². The zero-order chi connectivity index (χ0) is 21.7. The maximum atomic E-state index is 3.35. The van der Waals surface area contributed by atoms with Gasteiger partial charge in [-0.05, 0) is 98.8 Å². The topological polar surface area (TPSA) is 0 Å². The summed E-state index contributed by atoms with van der Waals surface area (Å²) in [5.74, 6) is 10.2. The molecular weight excluding hydrogens is 372 g/mol. The summed E-state index contributed by atoms with van der Waals surface area (Å²) >= 11 is 0. The third-order valence-electron chi connectivity index (χ3n) is 7.95. The summed E-state index contributed by atoms with van der Waals surface area (Å²) < 4.78 is 0. The third kappa shape index (κ3) is 8.52. The Morgan fingerprint density at radius 3 is 2.10 bits per heavy atom. The summed E-state index contributed by atoms with van der Waals surface area (Å²) in [6.07, 6.45) is 25.6. The minimum absolute atomic E-state index is 0.756. The Balaban J connectivity index is 1.37. The number of rotatable bonds is 9. The van der Waals surface area contributed by atoms with Gasteiger partial charge in [0, 0.05) is 5.56 Å². The Kier molecular flexibility index (Phi) is 10.8. The van der Waals surface area contributed by atoms with Crippen molar-refractivity contribution in [2.24, 2.45) is 17.8 Å². The Morgan fingerprint density at radius 2 is 1.42 bits per heavy atom. The van der Waals surface area contributed by atoms with Crippen LogP contribution in [-0.2, 0) is 0 Å². The Hall–Kier alpha value is -1.48. The van der Waals surface area contributed by atoms with Gasteiger partial charge in [-0.1, -0.05) is 88.8 Å². The molecule has 0 radical (unpaired) electrons. The first-order chi connectivity index (χ1) is 15.3. The van der Waals surface area contributed by atoms with Gasteiger partial charge < -0.3 is 0 Å². The van der Waals surface area contributed by atoms with Gasteiger partial charge in [0.1, 0.15) is 0 Å². The molecule has 2 fully saturated rings. The third-order valence-corrected chi connectivity index (χ3v) is 7.95. The van der Waals surface area contributed by atoms with Crippen molar-refractivity contribution in [3.8, 4) is 11.8 Å². The van der Waals surface area contributed by atoms with Crippen molar-refractivity contribution in [2.45, 2.75) is 116 Å². The van der Waals surface area contributed by atoms with E-state index in [1.165, 1.54) is 102 Å². The fraction of sp³-hybridized carbons (Fsp3) is 0.677. The lowest BCUT2D eigenvalue weighted by atomic mass is 9.77. The van der Waals surface area contributed by atoms with E-state index in [1.54, 1.807) is 0 Å². The summed E-state index contributed by atoms with van der Waals surface area (Å²) in [7, 11) is 0. The van der Waals surface area contributed by atoms with E-state index >= 15 is 0 Å². The summed E-state index contributed by atoms with van der Waals surface area (Å²) in [6.45, 7) is 4.62. The molecule has 2 saturated carbocycles. The van der Waals surface area contributed by atoms with Gasteiger partial charge in [-0.3, -0.25) is 0 Å². The quantitative estimate of drug-likeness (QED) is 0.277. The van der Waals surface area contributed by atoms with Gasteiger partial charge in [-0.25, -0.2) is 0 Å². The van der Waals surface area contributed by atoms with Crippen molar-refractivity contribution in [1.29, 1.82) is 0 Å². The Bertz CT molecular complexity index is 682. The van der Waals surface area contributed by atoms with Crippen LogP contribution in [0.5, 0.6) is 0 Å². The molecule has 0 heterocycles. The maximum Gasteiger partial charge on any atom is 0.0249 e. The fourth-order valence-corrected chi connectivity index (χ4v) is 5.87. The number of unbranched alkanes of at least 4 members (excludes halogenated alkanes) is 3. The Labute approximate surface area is 193 Å². The predicted octanol–water partition coefficient (Wildman–Crippen LogP) is 9.44.